The molecule has 0 saturated heterocycles. The molecule has 0 saturated carbocycles. The molecule has 0 radical (unpaired) electrons. The molecular weight excluding hydrogens is 615 g/mol. The summed E-state index contributed by atoms with van der Waals surface area (Å²) in [6, 6.07) is 23.9. The summed E-state index contributed by atoms with van der Waals surface area (Å²) < 4.78 is 109. The van der Waals surface area contributed by atoms with Crippen LogP contribution >= 0.6 is 0 Å². The number of para-hydroxylation sites is 2. The van der Waals surface area contributed by atoms with Crippen LogP contribution < -0.4 is 0 Å². The molecule has 10 rings (SSSR count). The molecule has 0 fully saturated rings. The minimum Gasteiger partial charge on any atom is -0.456 e. The predicted octanol–water partition coefficient (Wildman–Crippen LogP) is 12.0. The first kappa shape index (κ1) is 19.2. The van der Waals surface area contributed by atoms with Crippen LogP contribution in [0.15, 0.2) is 172 Å². The highest BCUT2D eigenvalue weighted by atomic mass is 16.3. The summed E-state index contributed by atoms with van der Waals surface area (Å²) in [6.07, 6.45) is 0. The van der Waals surface area contributed by atoms with Gasteiger partial charge in [-0.2, -0.15) is 0 Å². The van der Waals surface area contributed by atoms with E-state index in [-0.39, 0.29) is 45.0 Å². The van der Waals surface area contributed by atoms with Gasteiger partial charge in [-0.25, -0.2) is 15.0 Å². The van der Waals surface area contributed by atoms with Crippen molar-refractivity contribution in [1.29, 1.82) is 0 Å². The molecule has 0 spiro atoms. The lowest BCUT2D eigenvalue weighted by molar-refractivity contribution is 0.668. The Labute approximate surface area is 302 Å². The Balaban J connectivity index is 1.23. The number of furan rings is 2. The van der Waals surface area contributed by atoms with Gasteiger partial charge in [-0.15, -0.1) is 0 Å². The first-order valence-electron chi connectivity index (χ1n) is 21.2. The summed E-state index contributed by atoms with van der Waals surface area (Å²) in [6.45, 7) is 0. The van der Waals surface area contributed by atoms with E-state index in [1.807, 2.05) is 91.0 Å². The van der Waals surface area contributed by atoms with Gasteiger partial charge in [0.1, 0.15) is 22.3 Å². The van der Waals surface area contributed by atoms with Crippen LogP contribution in [0.5, 0.6) is 0 Å². The molecule has 10 aromatic rings. The Morgan fingerprint density at radius 1 is 0.380 bits per heavy atom. The normalized spacial score (nSPS) is 14.7. The lowest BCUT2D eigenvalue weighted by Crippen LogP contribution is -2.00. The van der Waals surface area contributed by atoms with Gasteiger partial charge in [0.15, 0.2) is 17.5 Å². The lowest BCUT2D eigenvalue weighted by Gasteiger charge is -2.09. The number of hydrogen-bond acceptors (Lipinski definition) is 5. The van der Waals surface area contributed by atoms with Gasteiger partial charge in [0.2, 0.25) is 0 Å². The average Bonchev–Trinajstić information content (AvgIpc) is 3.88. The van der Waals surface area contributed by atoms with Gasteiger partial charge in [0, 0.05) is 32.7 Å². The monoisotopic (exact) mass is 652 g/mol. The molecule has 0 aliphatic heterocycles. The third-order valence-corrected chi connectivity index (χ3v) is 8.51. The summed E-state index contributed by atoms with van der Waals surface area (Å²) in [4.78, 5) is 14.5. The largest absolute Gasteiger partial charge is 0.456 e. The Morgan fingerprint density at radius 2 is 1.08 bits per heavy atom. The summed E-state index contributed by atoms with van der Waals surface area (Å²) in [7, 11) is 0. The minimum atomic E-state index is -0.689. The van der Waals surface area contributed by atoms with Crippen molar-refractivity contribution in [2.24, 2.45) is 0 Å². The molecule has 234 valence electrons. The first-order chi connectivity index (χ1) is 29.3. The van der Waals surface area contributed by atoms with E-state index in [1.165, 1.54) is 0 Å². The van der Waals surface area contributed by atoms with Crippen LogP contribution in [0.2, 0.25) is 0 Å². The average molecular weight is 653 g/mol. The standard InChI is InChI=1S/C45H27N3O2/c1-3-10-28(11-4-1)30-18-20-31(21-19-30)43-46-44(48-45(47-43)37-16-9-15-36-34-14-7-8-17-39(34)50-42(36)37)33-22-24-35-38-26-32(29-12-5-2-6-13-29)23-25-40(38)49-41(35)27-33/h1-27H/i2D,5D,6D,12D,13D,22D,23D,24D,25D,26D,27D. The van der Waals surface area contributed by atoms with E-state index in [2.05, 4.69) is 0 Å². The highest BCUT2D eigenvalue weighted by Gasteiger charge is 2.19. The molecule has 0 unspecified atom stereocenters. The van der Waals surface area contributed by atoms with Crippen molar-refractivity contribution in [3.63, 3.8) is 0 Å². The first-order valence-corrected chi connectivity index (χ1v) is 15.7. The van der Waals surface area contributed by atoms with Gasteiger partial charge < -0.3 is 8.83 Å². The molecule has 0 aliphatic rings. The minimum absolute atomic E-state index is 0.135. The predicted molar refractivity (Wildman–Crippen MR) is 202 cm³/mol. The van der Waals surface area contributed by atoms with Crippen LogP contribution in [0.1, 0.15) is 15.1 Å². The zero-order chi connectivity index (χ0) is 42.6. The molecule has 5 heteroatoms. The molecule has 0 atom stereocenters. The van der Waals surface area contributed by atoms with E-state index in [1.54, 1.807) is 6.07 Å². The van der Waals surface area contributed by atoms with E-state index in [9.17, 15) is 5.48 Å². The Hall–Kier alpha value is -6.85. The maximum atomic E-state index is 9.47. The molecule has 0 N–H and O–H groups in total. The summed E-state index contributed by atoms with van der Waals surface area (Å²) in [5.74, 6) is 0.229. The second-order valence-corrected chi connectivity index (χ2v) is 11.5. The van der Waals surface area contributed by atoms with Gasteiger partial charge >= 0.3 is 0 Å². The molecule has 5 nitrogen and oxygen atoms in total. The second-order valence-electron chi connectivity index (χ2n) is 11.5. The summed E-state index contributed by atoms with van der Waals surface area (Å²) in [5, 5.41) is 1.29. The Bertz CT molecular complexity index is 3470. The molecule has 3 heterocycles. The fraction of sp³-hybridized carbons (Fsp3) is 0. The van der Waals surface area contributed by atoms with E-state index in [0.717, 1.165) is 21.9 Å². The highest BCUT2D eigenvalue weighted by molar-refractivity contribution is 6.09. The van der Waals surface area contributed by atoms with E-state index >= 15 is 0 Å². The third-order valence-electron chi connectivity index (χ3n) is 8.51. The zero-order valence-electron chi connectivity index (χ0n) is 36.9. The number of rotatable bonds is 5. The molecule has 50 heavy (non-hydrogen) atoms. The molecule has 3 aromatic heterocycles. The van der Waals surface area contributed by atoms with E-state index in [4.69, 9.17) is 33.4 Å². The van der Waals surface area contributed by atoms with Crippen molar-refractivity contribution in [2.75, 3.05) is 0 Å². The van der Waals surface area contributed by atoms with Crippen LogP contribution in [0.3, 0.4) is 0 Å². The van der Waals surface area contributed by atoms with Gasteiger partial charge in [0.05, 0.1) is 20.6 Å². The van der Waals surface area contributed by atoms with Crippen LogP contribution in [0, 0.1) is 0 Å². The molecular formula is C45H27N3O2. The second kappa shape index (κ2) is 11.4. The topological polar surface area (TPSA) is 65.0 Å². The van der Waals surface area contributed by atoms with E-state index < -0.39 is 77.6 Å². The molecule has 0 bridgehead atoms. The van der Waals surface area contributed by atoms with Crippen molar-refractivity contribution < 1.29 is 23.9 Å². The number of hydrogen-bond donors (Lipinski definition) is 0. The van der Waals surface area contributed by atoms with E-state index in [0.29, 0.717) is 22.3 Å². The van der Waals surface area contributed by atoms with Crippen LogP contribution in [-0.4, -0.2) is 15.0 Å². The van der Waals surface area contributed by atoms with Gasteiger partial charge in [-0.05, 0) is 58.6 Å². The zero-order valence-corrected chi connectivity index (χ0v) is 25.9. The molecule has 0 amide bonds. The quantitative estimate of drug-likeness (QED) is 0.185. The van der Waals surface area contributed by atoms with Gasteiger partial charge in [-0.1, -0.05) is 127 Å². The van der Waals surface area contributed by atoms with Crippen molar-refractivity contribution in [3.8, 4) is 56.4 Å². The maximum absolute atomic E-state index is 9.47. The number of nitrogens with zero attached hydrogens (tertiary/aromatic N) is 3. The van der Waals surface area contributed by atoms with Crippen LogP contribution in [0.25, 0.3) is 100 Å². The van der Waals surface area contributed by atoms with Crippen molar-refractivity contribution in [2.45, 2.75) is 0 Å². The highest BCUT2D eigenvalue weighted by Crippen LogP contribution is 2.38. The summed E-state index contributed by atoms with van der Waals surface area (Å²) >= 11 is 0. The van der Waals surface area contributed by atoms with Crippen molar-refractivity contribution >= 4 is 43.9 Å². The van der Waals surface area contributed by atoms with Gasteiger partial charge in [0.25, 0.3) is 0 Å². The fourth-order valence-corrected chi connectivity index (χ4v) is 6.11. The van der Waals surface area contributed by atoms with Crippen LogP contribution in [-0.2, 0) is 0 Å². The fourth-order valence-electron chi connectivity index (χ4n) is 6.11. The van der Waals surface area contributed by atoms with Crippen molar-refractivity contribution in [1.82, 2.24) is 15.0 Å². The Kier molecular flexibility index (Phi) is 4.38. The van der Waals surface area contributed by atoms with Crippen molar-refractivity contribution in [3.05, 3.63) is 164 Å². The third kappa shape index (κ3) is 4.75. The lowest BCUT2D eigenvalue weighted by atomic mass is 10.0. The summed E-state index contributed by atoms with van der Waals surface area (Å²) in [5.41, 5.74) is 2.48. The Morgan fingerprint density at radius 3 is 1.94 bits per heavy atom. The number of aromatic nitrogens is 3. The molecule has 7 aromatic carbocycles. The number of fused-ring (bicyclic) bond motifs is 6. The smallest absolute Gasteiger partial charge is 0.167 e. The molecule has 0 aliphatic carbocycles. The van der Waals surface area contributed by atoms with Gasteiger partial charge in [-0.3, -0.25) is 0 Å². The maximum Gasteiger partial charge on any atom is 0.167 e. The van der Waals surface area contributed by atoms with Crippen LogP contribution in [0.4, 0.5) is 0 Å². The SMILES string of the molecule is [2H]c1c([2H])c([2H])c(-c2c([2H])c([2H])c3oc4c([2H])c(-c5nc(-c6ccc(-c7ccccc7)cc6)nc(-c6cccc7c6oc6ccccc67)n5)c([2H])c([2H])c4c3c2[2H])c([2H])c1[2H]. The number of benzene rings is 7.